The van der Waals surface area contributed by atoms with Gasteiger partial charge < -0.3 is 10.1 Å². The van der Waals surface area contributed by atoms with Crippen molar-refractivity contribution in [3.8, 4) is 5.88 Å². The number of aromatic nitrogens is 2. The molecule has 0 amide bonds. The van der Waals surface area contributed by atoms with E-state index in [1.54, 1.807) is 7.11 Å². The number of rotatable bonds is 2. The van der Waals surface area contributed by atoms with Gasteiger partial charge in [0.25, 0.3) is 0 Å². The fourth-order valence-electron chi connectivity index (χ4n) is 2.55. The lowest BCUT2D eigenvalue weighted by Gasteiger charge is -2.25. The quantitative estimate of drug-likeness (QED) is 0.839. The predicted molar refractivity (Wildman–Crippen MR) is 65.5 cm³/mol. The molecule has 3 rings (SSSR count). The number of fused-ring (bicyclic) bond motifs is 1. The van der Waals surface area contributed by atoms with E-state index in [2.05, 4.69) is 10.3 Å². The van der Waals surface area contributed by atoms with Gasteiger partial charge in [0.2, 0.25) is 5.88 Å². The van der Waals surface area contributed by atoms with Crippen LogP contribution in [0.5, 0.6) is 5.88 Å². The molecule has 2 heterocycles. The molecular formula is C13H19N3O. The van der Waals surface area contributed by atoms with Gasteiger partial charge in [0.05, 0.1) is 12.8 Å². The monoisotopic (exact) mass is 233 g/mol. The average molecular weight is 233 g/mol. The van der Waals surface area contributed by atoms with Crippen LogP contribution in [0.3, 0.4) is 0 Å². The number of hydrogen-bond donors (Lipinski definition) is 1. The Bertz CT molecular complexity index is 415. The zero-order valence-corrected chi connectivity index (χ0v) is 10.3. The van der Waals surface area contributed by atoms with Gasteiger partial charge in [0, 0.05) is 24.4 Å². The van der Waals surface area contributed by atoms with E-state index >= 15 is 0 Å². The smallest absolute Gasteiger partial charge is 0.219 e. The van der Waals surface area contributed by atoms with Crippen molar-refractivity contribution in [3.63, 3.8) is 0 Å². The summed E-state index contributed by atoms with van der Waals surface area (Å²) in [6.07, 6.45) is 5.76. The summed E-state index contributed by atoms with van der Waals surface area (Å²) >= 11 is 0. The Labute approximate surface area is 102 Å². The molecule has 1 aromatic rings. The summed E-state index contributed by atoms with van der Waals surface area (Å²) in [5.74, 6) is 2.39. The van der Waals surface area contributed by atoms with Crippen molar-refractivity contribution < 1.29 is 4.74 Å². The molecule has 1 N–H and O–H groups in total. The fourth-order valence-corrected chi connectivity index (χ4v) is 2.55. The first-order chi connectivity index (χ1) is 8.38. The molecule has 1 aliphatic carbocycles. The summed E-state index contributed by atoms with van der Waals surface area (Å²) in [6.45, 7) is 2.01. The van der Waals surface area contributed by atoms with Gasteiger partial charge in [0.1, 0.15) is 5.82 Å². The second-order valence-corrected chi connectivity index (χ2v) is 4.89. The Kier molecular flexibility index (Phi) is 2.97. The minimum Gasteiger partial charge on any atom is -0.481 e. The summed E-state index contributed by atoms with van der Waals surface area (Å²) < 4.78 is 5.45. The van der Waals surface area contributed by atoms with E-state index in [-0.39, 0.29) is 0 Å². The zero-order valence-electron chi connectivity index (χ0n) is 10.3. The highest BCUT2D eigenvalue weighted by atomic mass is 16.5. The molecule has 17 heavy (non-hydrogen) atoms. The zero-order chi connectivity index (χ0) is 11.7. The largest absolute Gasteiger partial charge is 0.481 e. The maximum absolute atomic E-state index is 5.45. The number of methoxy groups -OCH3 is 1. The van der Waals surface area contributed by atoms with Crippen molar-refractivity contribution in [1.82, 2.24) is 15.3 Å². The molecule has 0 spiro atoms. The molecule has 1 saturated carbocycles. The van der Waals surface area contributed by atoms with Crippen LogP contribution in [0, 0.1) is 0 Å². The van der Waals surface area contributed by atoms with E-state index in [0.29, 0.717) is 5.92 Å². The normalized spacial score (nSPS) is 20.3. The van der Waals surface area contributed by atoms with Gasteiger partial charge in [-0.1, -0.05) is 6.42 Å². The van der Waals surface area contributed by atoms with Crippen LogP contribution in [0.15, 0.2) is 0 Å². The van der Waals surface area contributed by atoms with Crippen molar-refractivity contribution in [2.24, 2.45) is 0 Å². The number of nitrogens with zero attached hydrogens (tertiary/aromatic N) is 2. The van der Waals surface area contributed by atoms with E-state index in [0.717, 1.165) is 37.6 Å². The lowest BCUT2D eigenvalue weighted by Crippen LogP contribution is -2.16. The lowest BCUT2D eigenvalue weighted by atomic mass is 9.84. The summed E-state index contributed by atoms with van der Waals surface area (Å²) in [4.78, 5) is 9.38. The first-order valence-electron chi connectivity index (χ1n) is 6.53. The van der Waals surface area contributed by atoms with Gasteiger partial charge in [-0.3, -0.25) is 0 Å². The maximum Gasteiger partial charge on any atom is 0.219 e. The molecule has 1 aromatic heterocycles. The Morgan fingerprint density at radius 1 is 1.18 bits per heavy atom. The third-order valence-corrected chi connectivity index (χ3v) is 3.83. The Morgan fingerprint density at radius 2 is 2.00 bits per heavy atom. The maximum atomic E-state index is 5.45. The van der Waals surface area contributed by atoms with E-state index in [1.807, 2.05) is 0 Å². The van der Waals surface area contributed by atoms with Crippen LogP contribution in [-0.2, 0) is 12.8 Å². The standard InChI is InChI=1S/C13H19N3O/c1-17-13-10-5-7-14-8-6-11(10)15-12(16-13)9-3-2-4-9/h9,14H,2-8H2,1H3. The van der Waals surface area contributed by atoms with Gasteiger partial charge in [-0.2, -0.15) is 4.98 Å². The summed E-state index contributed by atoms with van der Waals surface area (Å²) in [5, 5.41) is 3.40. The van der Waals surface area contributed by atoms with Crippen LogP contribution in [0.4, 0.5) is 0 Å². The molecule has 0 bridgehead atoms. The second kappa shape index (κ2) is 4.61. The summed E-state index contributed by atoms with van der Waals surface area (Å²) in [7, 11) is 1.71. The molecule has 4 nitrogen and oxygen atoms in total. The number of nitrogens with one attached hydrogen (secondary N) is 1. The molecule has 0 unspecified atom stereocenters. The highest BCUT2D eigenvalue weighted by Crippen LogP contribution is 2.36. The van der Waals surface area contributed by atoms with Crippen molar-refractivity contribution in [2.75, 3.05) is 20.2 Å². The molecule has 0 radical (unpaired) electrons. The fraction of sp³-hybridized carbons (Fsp3) is 0.692. The SMILES string of the molecule is COc1nc(C2CCC2)nc2c1CCNCC2. The van der Waals surface area contributed by atoms with Crippen LogP contribution in [0.25, 0.3) is 0 Å². The average Bonchev–Trinajstić information content (AvgIpc) is 2.50. The molecule has 2 aliphatic rings. The minimum absolute atomic E-state index is 0.574. The molecule has 92 valence electrons. The van der Waals surface area contributed by atoms with Crippen LogP contribution < -0.4 is 10.1 Å². The van der Waals surface area contributed by atoms with Gasteiger partial charge in [0.15, 0.2) is 0 Å². The number of hydrogen-bond acceptors (Lipinski definition) is 4. The molecule has 1 aliphatic heterocycles. The molecule has 0 atom stereocenters. The summed E-state index contributed by atoms with van der Waals surface area (Å²) in [5.41, 5.74) is 2.41. The predicted octanol–water partition coefficient (Wildman–Crippen LogP) is 1.44. The second-order valence-electron chi connectivity index (χ2n) is 4.89. The van der Waals surface area contributed by atoms with Gasteiger partial charge >= 0.3 is 0 Å². The van der Waals surface area contributed by atoms with E-state index in [4.69, 9.17) is 9.72 Å². The van der Waals surface area contributed by atoms with Crippen LogP contribution in [-0.4, -0.2) is 30.2 Å². The molecular weight excluding hydrogens is 214 g/mol. The van der Waals surface area contributed by atoms with Gasteiger partial charge in [-0.05, 0) is 25.8 Å². The van der Waals surface area contributed by atoms with Crippen LogP contribution in [0.1, 0.15) is 42.3 Å². The van der Waals surface area contributed by atoms with Crippen LogP contribution in [0.2, 0.25) is 0 Å². The van der Waals surface area contributed by atoms with E-state index in [1.165, 1.54) is 30.5 Å². The molecule has 0 aromatic carbocycles. The van der Waals surface area contributed by atoms with Crippen LogP contribution >= 0.6 is 0 Å². The van der Waals surface area contributed by atoms with Gasteiger partial charge in [-0.25, -0.2) is 4.98 Å². The molecule has 4 heteroatoms. The van der Waals surface area contributed by atoms with Gasteiger partial charge in [-0.15, -0.1) is 0 Å². The first-order valence-corrected chi connectivity index (χ1v) is 6.53. The highest BCUT2D eigenvalue weighted by molar-refractivity contribution is 5.33. The topological polar surface area (TPSA) is 47.0 Å². The highest BCUT2D eigenvalue weighted by Gasteiger charge is 2.25. The first kappa shape index (κ1) is 11.0. The Hall–Kier alpha value is -1.16. The van der Waals surface area contributed by atoms with E-state index < -0.39 is 0 Å². The lowest BCUT2D eigenvalue weighted by molar-refractivity contribution is 0.366. The van der Waals surface area contributed by atoms with Crippen molar-refractivity contribution in [3.05, 3.63) is 17.1 Å². The third kappa shape index (κ3) is 2.02. The Morgan fingerprint density at radius 3 is 2.71 bits per heavy atom. The van der Waals surface area contributed by atoms with Crippen molar-refractivity contribution in [2.45, 2.75) is 38.0 Å². The third-order valence-electron chi connectivity index (χ3n) is 3.83. The molecule has 1 fully saturated rings. The summed E-state index contributed by atoms with van der Waals surface area (Å²) in [6, 6.07) is 0. The minimum atomic E-state index is 0.574. The number of ether oxygens (including phenoxy) is 1. The molecule has 0 saturated heterocycles. The Balaban J connectivity index is 2.00. The van der Waals surface area contributed by atoms with Crippen molar-refractivity contribution >= 4 is 0 Å². The van der Waals surface area contributed by atoms with E-state index in [9.17, 15) is 0 Å². The van der Waals surface area contributed by atoms with Crippen molar-refractivity contribution in [1.29, 1.82) is 0 Å².